The first-order valence-corrected chi connectivity index (χ1v) is 12.0. The third-order valence-corrected chi connectivity index (χ3v) is 8.21. The molecule has 0 atom stereocenters. The molecule has 1 aliphatic rings. The summed E-state index contributed by atoms with van der Waals surface area (Å²) in [7, 11) is -7.24. The number of benzene rings is 2. The molecule has 0 radical (unpaired) electrons. The summed E-state index contributed by atoms with van der Waals surface area (Å²) in [5, 5.41) is 0.298. The number of aryl methyl sites for hydroxylation is 2. The summed E-state index contributed by atoms with van der Waals surface area (Å²) in [6.07, 6.45) is 1.43. The predicted octanol–water partition coefficient (Wildman–Crippen LogP) is 3.69. The number of nitrogens with one attached hydrogen (secondary N) is 1. The van der Waals surface area contributed by atoms with E-state index in [4.69, 9.17) is 11.6 Å². The fourth-order valence-corrected chi connectivity index (χ4v) is 6.46. The number of nitrogens with zero attached hydrogens (tertiary/aromatic N) is 1. The molecule has 6 nitrogen and oxygen atoms in total. The normalized spacial score (nSPS) is 16.9. The quantitative estimate of drug-likeness (QED) is 0.804. The van der Waals surface area contributed by atoms with Gasteiger partial charge in [-0.15, -0.1) is 0 Å². The average Bonchev–Trinajstić information content (AvgIpc) is 2.58. The molecule has 2 aromatic carbocycles. The first-order valence-electron chi connectivity index (χ1n) is 8.51. The summed E-state index contributed by atoms with van der Waals surface area (Å²) in [5.74, 6) is 0.111. The number of hydrogen-bond donors (Lipinski definition) is 1. The Balaban J connectivity index is 2.01. The van der Waals surface area contributed by atoms with E-state index < -0.39 is 20.0 Å². The smallest absolute Gasteiger partial charge is 0.262 e. The third-order valence-electron chi connectivity index (χ3n) is 4.52. The average molecular weight is 429 g/mol. The van der Waals surface area contributed by atoms with Crippen LogP contribution in [0, 0.1) is 13.8 Å². The second-order valence-corrected chi connectivity index (χ2v) is 10.7. The Labute approximate surface area is 165 Å². The Hall–Kier alpha value is -1.77. The van der Waals surface area contributed by atoms with Gasteiger partial charge in [-0.25, -0.2) is 16.8 Å². The topological polar surface area (TPSA) is 83.6 Å². The van der Waals surface area contributed by atoms with Crippen LogP contribution in [0.2, 0.25) is 5.02 Å². The van der Waals surface area contributed by atoms with Crippen molar-refractivity contribution < 1.29 is 16.8 Å². The molecule has 0 aliphatic carbocycles. The molecule has 0 unspecified atom stereocenters. The Morgan fingerprint density at radius 1 is 1.07 bits per heavy atom. The van der Waals surface area contributed by atoms with Gasteiger partial charge in [0, 0.05) is 6.54 Å². The van der Waals surface area contributed by atoms with Gasteiger partial charge in [-0.05, 0) is 62.1 Å². The molecule has 1 heterocycles. The lowest BCUT2D eigenvalue weighted by Crippen LogP contribution is -2.38. The van der Waals surface area contributed by atoms with E-state index >= 15 is 0 Å². The van der Waals surface area contributed by atoms with Crippen LogP contribution in [0.4, 0.5) is 11.4 Å². The van der Waals surface area contributed by atoms with Crippen molar-refractivity contribution in [3.63, 3.8) is 0 Å². The van der Waals surface area contributed by atoms with Crippen LogP contribution in [-0.2, 0) is 20.0 Å². The molecule has 1 aliphatic heterocycles. The molecular weight excluding hydrogens is 408 g/mol. The summed E-state index contributed by atoms with van der Waals surface area (Å²) in [6.45, 7) is 3.78. The van der Waals surface area contributed by atoms with Crippen molar-refractivity contribution in [3.8, 4) is 0 Å². The molecule has 0 saturated carbocycles. The van der Waals surface area contributed by atoms with Crippen molar-refractivity contribution in [2.75, 3.05) is 21.3 Å². The predicted molar refractivity (Wildman–Crippen MR) is 109 cm³/mol. The summed E-state index contributed by atoms with van der Waals surface area (Å²) in [4.78, 5) is 0.0954. The molecule has 0 bridgehead atoms. The standard InChI is InChI=1S/C18H21ClN2O4S2/c1-13-12-18(27(24,25)20-16-8-4-3-7-15(16)19)14(2)11-17(13)21-9-5-6-10-26(21,22)23/h3-4,7-8,11-12,20H,5-6,9-10H2,1-2H3. The van der Waals surface area contributed by atoms with Crippen molar-refractivity contribution in [3.05, 3.63) is 52.5 Å². The highest BCUT2D eigenvalue weighted by Crippen LogP contribution is 2.32. The number of halogens is 1. The van der Waals surface area contributed by atoms with Gasteiger partial charge >= 0.3 is 0 Å². The van der Waals surface area contributed by atoms with Gasteiger partial charge in [-0.1, -0.05) is 23.7 Å². The number of sulfonamides is 2. The van der Waals surface area contributed by atoms with Gasteiger partial charge in [0.1, 0.15) is 0 Å². The molecule has 0 amide bonds. The zero-order valence-corrected chi connectivity index (χ0v) is 17.5. The number of anilines is 2. The van der Waals surface area contributed by atoms with Crippen molar-refractivity contribution in [1.82, 2.24) is 0 Å². The maximum atomic E-state index is 12.8. The summed E-state index contributed by atoms with van der Waals surface area (Å²) < 4.78 is 54.3. The van der Waals surface area contributed by atoms with Crippen molar-refractivity contribution in [2.24, 2.45) is 0 Å². The van der Waals surface area contributed by atoms with Crippen LogP contribution in [0.5, 0.6) is 0 Å². The summed E-state index contributed by atoms with van der Waals surface area (Å²) in [5.41, 5.74) is 1.88. The Morgan fingerprint density at radius 2 is 1.78 bits per heavy atom. The van der Waals surface area contributed by atoms with Crippen molar-refractivity contribution in [1.29, 1.82) is 0 Å². The number of para-hydroxylation sites is 1. The maximum absolute atomic E-state index is 12.8. The van der Waals surface area contributed by atoms with Gasteiger partial charge < -0.3 is 0 Å². The summed E-state index contributed by atoms with van der Waals surface area (Å²) in [6, 6.07) is 9.71. The van der Waals surface area contributed by atoms with Gasteiger partial charge in [-0.2, -0.15) is 0 Å². The Morgan fingerprint density at radius 3 is 2.44 bits per heavy atom. The lowest BCUT2D eigenvalue weighted by Gasteiger charge is -2.30. The van der Waals surface area contributed by atoms with Crippen molar-refractivity contribution >= 4 is 43.0 Å². The molecule has 3 rings (SSSR count). The van der Waals surface area contributed by atoms with Crippen LogP contribution in [0.3, 0.4) is 0 Å². The molecule has 146 valence electrons. The highest BCUT2D eigenvalue weighted by molar-refractivity contribution is 7.93. The number of rotatable bonds is 4. The second kappa shape index (κ2) is 7.33. The summed E-state index contributed by atoms with van der Waals surface area (Å²) >= 11 is 6.05. The van der Waals surface area contributed by atoms with E-state index in [2.05, 4.69) is 4.72 Å². The van der Waals surface area contributed by atoms with Gasteiger partial charge in [0.2, 0.25) is 10.0 Å². The molecule has 0 aromatic heterocycles. The number of hydrogen-bond acceptors (Lipinski definition) is 4. The van der Waals surface area contributed by atoms with Crippen LogP contribution in [0.15, 0.2) is 41.3 Å². The van der Waals surface area contributed by atoms with Crippen LogP contribution in [-0.4, -0.2) is 29.1 Å². The molecule has 2 aromatic rings. The van der Waals surface area contributed by atoms with E-state index in [1.165, 1.54) is 10.4 Å². The Kier molecular flexibility index (Phi) is 5.42. The van der Waals surface area contributed by atoms with Gasteiger partial charge in [0.25, 0.3) is 10.0 Å². The molecule has 9 heteroatoms. The van der Waals surface area contributed by atoms with E-state index in [0.717, 1.165) is 6.42 Å². The molecule has 0 spiro atoms. The lowest BCUT2D eigenvalue weighted by atomic mass is 10.1. The maximum Gasteiger partial charge on any atom is 0.262 e. The van der Waals surface area contributed by atoms with E-state index in [9.17, 15) is 16.8 Å². The SMILES string of the molecule is Cc1cc(S(=O)(=O)Nc2ccccc2Cl)c(C)cc1N1CCCCS1(=O)=O. The molecular formula is C18H21ClN2O4S2. The molecule has 1 N–H and O–H groups in total. The fourth-order valence-electron chi connectivity index (χ4n) is 3.14. The minimum Gasteiger partial charge on any atom is -0.278 e. The molecule has 1 saturated heterocycles. The van der Waals surface area contributed by atoms with E-state index in [1.807, 2.05) is 0 Å². The molecule has 27 heavy (non-hydrogen) atoms. The van der Waals surface area contributed by atoms with Gasteiger partial charge in [0.05, 0.1) is 27.0 Å². The van der Waals surface area contributed by atoms with Crippen LogP contribution in [0.25, 0.3) is 0 Å². The van der Waals surface area contributed by atoms with Crippen molar-refractivity contribution in [2.45, 2.75) is 31.6 Å². The minimum atomic E-state index is -3.87. The zero-order valence-electron chi connectivity index (χ0n) is 15.1. The lowest BCUT2D eigenvalue weighted by molar-refractivity contribution is 0.574. The van der Waals surface area contributed by atoms with E-state index in [-0.39, 0.29) is 10.6 Å². The van der Waals surface area contributed by atoms with E-state index in [0.29, 0.717) is 40.5 Å². The largest absolute Gasteiger partial charge is 0.278 e. The Bertz CT molecular complexity index is 1080. The van der Waals surface area contributed by atoms with Gasteiger partial charge in [0.15, 0.2) is 0 Å². The first-order chi connectivity index (χ1) is 12.6. The van der Waals surface area contributed by atoms with Crippen LogP contribution < -0.4 is 9.03 Å². The van der Waals surface area contributed by atoms with Crippen LogP contribution >= 0.6 is 11.6 Å². The minimum absolute atomic E-state index is 0.0954. The van der Waals surface area contributed by atoms with Crippen LogP contribution in [0.1, 0.15) is 24.0 Å². The fraction of sp³-hybridized carbons (Fsp3) is 0.333. The van der Waals surface area contributed by atoms with Gasteiger partial charge in [-0.3, -0.25) is 9.03 Å². The third kappa shape index (κ3) is 4.07. The highest BCUT2D eigenvalue weighted by Gasteiger charge is 2.29. The second-order valence-electron chi connectivity index (χ2n) is 6.58. The first kappa shape index (κ1) is 20.0. The zero-order chi connectivity index (χ0) is 19.8. The highest BCUT2D eigenvalue weighted by atomic mass is 35.5. The monoisotopic (exact) mass is 428 g/mol. The van der Waals surface area contributed by atoms with E-state index in [1.54, 1.807) is 44.2 Å². The molecule has 1 fully saturated rings.